The molecular weight excluding hydrogens is 468 g/mol. The number of aryl methyl sites for hydroxylation is 1. The highest BCUT2D eigenvalue weighted by Crippen LogP contribution is 2.31. The summed E-state index contributed by atoms with van der Waals surface area (Å²) in [6.45, 7) is 5.71. The summed E-state index contributed by atoms with van der Waals surface area (Å²) >= 11 is 0. The molecule has 1 atom stereocenters. The van der Waals surface area contributed by atoms with Gasteiger partial charge in [-0.15, -0.1) is 0 Å². The molecule has 0 radical (unpaired) electrons. The Morgan fingerprint density at radius 1 is 1.22 bits per heavy atom. The van der Waals surface area contributed by atoms with Gasteiger partial charge in [0.25, 0.3) is 12.3 Å². The summed E-state index contributed by atoms with van der Waals surface area (Å²) in [6.07, 6.45) is 0.134. The molecule has 1 aromatic carbocycles. The number of anilines is 2. The number of nitrogens with one attached hydrogen (secondary N) is 2. The summed E-state index contributed by atoms with van der Waals surface area (Å²) in [7, 11) is 0. The molecule has 0 aliphatic carbocycles. The molecule has 0 spiro atoms. The lowest BCUT2D eigenvalue weighted by Gasteiger charge is -2.29. The van der Waals surface area contributed by atoms with Gasteiger partial charge in [-0.1, -0.05) is 0 Å². The Bertz CT molecular complexity index is 1320. The molecule has 2 aromatic heterocycles. The Balaban J connectivity index is 1.47. The molecule has 2 aliphatic heterocycles. The first kappa shape index (κ1) is 24.3. The molecule has 2 aliphatic rings. The van der Waals surface area contributed by atoms with Crippen LogP contribution in [0, 0.1) is 6.92 Å². The normalized spacial score (nSPS) is 18.8. The first-order valence-corrected chi connectivity index (χ1v) is 12.2. The maximum atomic E-state index is 13.7. The number of benzene rings is 1. The minimum atomic E-state index is -2.52. The van der Waals surface area contributed by atoms with Crippen LogP contribution in [0.25, 0.3) is 10.9 Å². The topological polar surface area (TPSA) is 90.6 Å². The van der Waals surface area contributed by atoms with Crippen molar-refractivity contribution < 1.29 is 18.3 Å². The number of carbonyl (C=O) groups is 1. The maximum absolute atomic E-state index is 13.7. The van der Waals surface area contributed by atoms with Crippen LogP contribution in [0.4, 0.5) is 20.3 Å². The van der Waals surface area contributed by atoms with Gasteiger partial charge in [-0.2, -0.15) is 0 Å². The van der Waals surface area contributed by atoms with E-state index in [4.69, 9.17) is 4.74 Å². The van der Waals surface area contributed by atoms with E-state index in [0.29, 0.717) is 50.3 Å². The second kappa shape index (κ2) is 10.3. The Labute approximate surface area is 207 Å². The van der Waals surface area contributed by atoms with Gasteiger partial charge in [0, 0.05) is 55.0 Å². The predicted octanol–water partition coefficient (Wildman–Crippen LogP) is 3.55. The van der Waals surface area contributed by atoms with Crippen LogP contribution in [0.2, 0.25) is 0 Å². The number of H-pyrrole nitrogens is 1. The average Bonchev–Trinajstić information content (AvgIpc) is 3.35. The van der Waals surface area contributed by atoms with Crippen LogP contribution >= 0.6 is 0 Å². The molecule has 5 rings (SSSR count). The average molecular weight is 498 g/mol. The molecule has 2 saturated heterocycles. The van der Waals surface area contributed by atoms with Gasteiger partial charge in [-0.05, 0) is 55.2 Å². The quantitative estimate of drug-likeness (QED) is 0.542. The second-order valence-corrected chi connectivity index (χ2v) is 9.37. The Morgan fingerprint density at radius 2 is 2.03 bits per heavy atom. The van der Waals surface area contributed by atoms with Crippen LogP contribution in [0.5, 0.6) is 0 Å². The summed E-state index contributed by atoms with van der Waals surface area (Å²) in [6, 6.07) is 7.54. The summed E-state index contributed by atoms with van der Waals surface area (Å²) in [5.41, 5.74) is 2.92. The fraction of sp³-hybridized carbons (Fsp3) is 0.423. The van der Waals surface area contributed by atoms with Gasteiger partial charge in [0.05, 0.1) is 24.8 Å². The zero-order valence-corrected chi connectivity index (χ0v) is 20.1. The fourth-order valence-electron chi connectivity index (χ4n) is 5.02. The summed E-state index contributed by atoms with van der Waals surface area (Å²) in [5.74, 6) is -0.134. The third-order valence-electron chi connectivity index (χ3n) is 6.85. The zero-order valence-electron chi connectivity index (χ0n) is 20.1. The first-order chi connectivity index (χ1) is 17.4. The molecule has 2 N–H and O–H groups in total. The Hall–Kier alpha value is -3.37. The molecule has 3 aromatic rings. The van der Waals surface area contributed by atoms with E-state index in [9.17, 15) is 18.4 Å². The molecular formula is C26H29F2N5O3. The van der Waals surface area contributed by atoms with Crippen molar-refractivity contribution in [1.29, 1.82) is 0 Å². The molecule has 0 bridgehead atoms. The number of ether oxygens (including phenoxy) is 1. The van der Waals surface area contributed by atoms with Crippen molar-refractivity contribution in [3.05, 3.63) is 63.6 Å². The number of rotatable bonds is 6. The van der Waals surface area contributed by atoms with Crippen LogP contribution in [-0.2, 0) is 11.3 Å². The molecule has 190 valence electrons. The number of amides is 1. The van der Waals surface area contributed by atoms with E-state index in [1.54, 1.807) is 35.4 Å². The van der Waals surface area contributed by atoms with Gasteiger partial charge in [0.1, 0.15) is 5.82 Å². The molecule has 4 heterocycles. The van der Waals surface area contributed by atoms with E-state index in [-0.39, 0.29) is 16.9 Å². The zero-order chi connectivity index (χ0) is 25.2. The van der Waals surface area contributed by atoms with Crippen molar-refractivity contribution >= 4 is 28.3 Å². The number of carbonyl (C=O) groups excluding carboxylic acids is 1. The van der Waals surface area contributed by atoms with Gasteiger partial charge >= 0.3 is 0 Å². The van der Waals surface area contributed by atoms with Gasteiger partial charge in [-0.3, -0.25) is 14.5 Å². The van der Waals surface area contributed by atoms with Crippen LogP contribution in [0.1, 0.15) is 34.3 Å². The number of pyridine rings is 2. The van der Waals surface area contributed by atoms with E-state index >= 15 is 0 Å². The maximum Gasteiger partial charge on any atom is 0.259 e. The molecule has 0 saturated carbocycles. The molecule has 8 nitrogen and oxygen atoms in total. The minimum absolute atomic E-state index is 0.191. The highest BCUT2D eigenvalue weighted by atomic mass is 19.3. The van der Waals surface area contributed by atoms with Gasteiger partial charge in [0.2, 0.25) is 5.56 Å². The summed E-state index contributed by atoms with van der Waals surface area (Å²) in [4.78, 5) is 36.4. The number of aromatic nitrogens is 2. The van der Waals surface area contributed by atoms with Crippen molar-refractivity contribution in [2.45, 2.75) is 38.8 Å². The number of morpholine rings is 1. The number of halogens is 2. The van der Waals surface area contributed by atoms with Crippen molar-refractivity contribution in [2.75, 3.05) is 43.1 Å². The first-order valence-electron chi connectivity index (χ1n) is 12.2. The highest BCUT2D eigenvalue weighted by molar-refractivity contribution is 6.08. The number of nitrogens with zero attached hydrogens (tertiary/aromatic N) is 3. The number of fused-ring (bicyclic) bond motifs is 1. The van der Waals surface area contributed by atoms with Gasteiger partial charge < -0.3 is 19.9 Å². The lowest BCUT2D eigenvalue weighted by molar-refractivity contribution is 0.0341. The van der Waals surface area contributed by atoms with Crippen LogP contribution in [-0.4, -0.2) is 66.1 Å². The van der Waals surface area contributed by atoms with Crippen molar-refractivity contribution in [2.24, 2.45) is 0 Å². The van der Waals surface area contributed by atoms with E-state index < -0.39 is 18.4 Å². The summed E-state index contributed by atoms with van der Waals surface area (Å²) in [5, 5.41) is 3.72. The molecule has 1 amide bonds. The van der Waals surface area contributed by atoms with Gasteiger partial charge in [-0.25, -0.2) is 13.8 Å². The number of hydrogen-bond acceptors (Lipinski definition) is 6. The largest absolute Gasteiger partial charge is 0.379 e. The third-order valence-corrected chi connectivity index (χ3v) is 6.85. The van der Waals surface area contributed by atoms with Crippen molar-refractivity contribution in [3.8, 4) is 0 Å². The highest BCUT2D eigenvalue weighted by Gasteiger charge is 2.35. The van der Waals surface area contributed by atoms with E-state index in [2.05, 4.69) is 20.2 Å². The number of alkyl halides is 2. The molecule has 36 heavy (non-hydrogen) atoms. The van der Waals surface area contributed by atoms with Crippen LogP contribution in [0.3, 0.4) is 0 Å². The monoisotopic (exact) mass is 497 g/mol. The lowest BCUT2D eigenvalue weighted by atomic mass is 10.1. The predicted molar refractivity (Wildman–Crippen MR) is 134 cm³/mol. The summed E-state index contributed by atoms with van der Waals surface area (Å²) < 4.78 is 32.9. The molecule has 2 fully saturated rings. The van der Waals surface area contributed by atoms with Gasteiger partial charge in [0.15, 0.2) is 0 Å². The number of aromatic amines is 1. The third kappa shape index (κ3) is 5.10. The second-order valence-electron chi connectivity index (χ2n) is 9.37. The Kier molecular flexibility index (Phi) is 6.97. The molecule has 10 heteroatoms. The standard InChI is InChI=1S/C26H29F2N5O3/c1-16-11-23(34)31-21-5-4-18(13-19(16)21)30-26(35)20-12-17(15-32-7-9-36-10-8-32)14-29-25(20)33-6-2-3-22(33)24(27)28/h4-5,11-14,22,24H,2-3,6-10,15H2,1H3,(H,30,35)(H,31,34). The van der Waals surface area contributed by atoms with E-state index in [0.717, 1.165) is 29.6 Å². The SMILES string of the molecule is Cc1cc(=O)[nH]c2ccc(NC(=O)c3cc(CN4CCOCC4)cnc3N3CCCC3C(F)F)cc12. The smallest absolute Gasteiger partial charge is 0.259 e. The molecule has 1 unspecified atom stereocenters. The lowest BCUT2D eigenvalue weighted by Crippen LogP contribution is -2.37. The van der Waals surface area contributed by atoms with Crippen molar-refractivity contribution in [1.82, 2.24) is 14.9 Å². The van der Waals surface area contributed by atoms with Crippen LogP contribution < -0.4 is 15.8 Å². The minimum Gasteiger partial charge on any atom is -0.379 e. The Morgan fingerprint density at radius 3 is 2.81 bits per heavy atom. The van der Waals surface area contributed by atoms with E-state index in [1.807, 2.05) is 6.92 Å². The van der Waals surface area contributed by atoms with E-state index in [1.165, 1.54) is 6.07 Å². The van der Waals surface area contributed by atoms with Crippen molar-refractivity contribution in [3.63, 3.8) is 0 Å². The van der Waals surface area contributed by atoms with Crippen LogP contribution in [0.15, 0.2) is 41.3 Å². The number of hydrogen-bond donors (Lipinski definition) is 2. The fourth-order valence-corrected chi connectivity index (χ4v) is 5.02.